The molecule has 3 aromatic carbocycles. The largest absolute Gasteiger partial charge is 0.493 e. The minimum Gasteiger partial charge on any atom is -0.493 e. The average Bonchev–Trinajstić information content (AvgIpc) is 3.34. The molecule has 8 nitrogen and oxygen atoms in total. The van der Waals surface area contributed by atoms with E-state index in [1.807, 2.05) is 60.9 Å². The van der Waals surface area contributed by atoms with Crippen LogP contribution in [0.1, 0.15) is 29.7 Å². The number of ether oxygens (including phenoxy) is 4. The Kier molecular flexibility index (Phi) is 8.84. The van der Waals surface area contributed by atoms with E-state index in [4.69, 9.17) is 23.9 Å². The summed E-state index contributed by atoms with van der Waals surface area (Å²) in [6.07, 6.45) is 3.76. The number of fused-ring (bicyclic) bond motifs is 1. The van der Waals surface area contributed by atoms with E-state index in [1.54, 1.807) is 55.7 Å². The van der Waals surface area contributed by atoms with Crippen molar-refractivity contribution in [3.63, 3.8) is 0 Å². The van der Waals surface area contributed by atoms with Crippen LogP contribution in [0.2, 0.25) is 0 Å². The summed E-state index contributed by atoms with van der Waals surface area (Å²) in [5, 5.41) is 0. The maximum atomic E-state index is 14.1. The number of benzene rings is 3. The number of nitrogens with zero attached hydrogens (tertiary/aromatic N) is 2. The van der Waals surface area contributed by atoms with Crippen molar-refractivity contribution in [3.05, 3.63) is 109 Å². The molecule has 1 aliphatic heterocycles. The van der Waals surface area contributed by atoms with E-state index in [2.05, 4.69) is 0 Å². The molecule has 2 heterocycles. The van der Waals surface area contributed by atoms with E-state index in [-0.39, 0.29) is 12.2 Å². The maximum absolute atomic E-state index is 14.1. The molecule has 0 saturated carbocycles. The lowest BCUT2D eigenvalue weighted by Crippen LogP contribution is -2.40. The van der Waals surface area contributed by atoms with Crippen molar-refractivity contribution in [3.8, 4) is 17.2 Å². The van der Waals surface area contributed by atoms with Crippen molar-refractivity contribution in [2.24, 2.45) is 4.99 Å². The molecule has 0 fully saturated rings. The van der Waals surface area contributed by atoms with Gasteiger partial charge in [-0.2, -0.15) is 0 Å². The Labute approximate surface area is 251 Å². The first kappa shape index (κ1) is 29.2. The molecule has 10 heteroatoms. The number of aromatic nitrogens is 1. The third-order valence-corrected chi connectivity index (χ3v) is 8.52. The zero-order valence-electron chi connectivity index (χ0n) is 23.9. The highest BCUT2D eigenvalue weighted by molar-refractivity contribution is 7.98. The standard InChI is InChI=1S/C32H30N2O6S2/c1-6-40-31(36)26-27(20-10-8-7-9-11-20)33-32-34(28(26)21-12-14-22(41-5)15-13-21)30(35)25(42-32)18-19-16-23(37-2)29(39-4)24(17-19)38-3/h7-18,28H,6H2,1-5H3/b25-18-/t28-/m0/s1. The second-order valence-electron chi connectivity index (χ2n) is 9.16. The van der Waals surface area contributed by atoms with E-state index in [1.165, 1.54) is 18.4 Å². The van der Waals surface area contributed by atoms with Gasteiger partial charge in [-0.25, -0.2) is 9.79 Å². The predicted molar refractivity (Wildman–Crippen MR) is 165 cm³/mol. The molecule has 0 radical (unpaired) electrons. The molecule has 42 heavy (non-hydrogen) atoms. The first-order valence-corrected chi connectivity index (χ1v) is 15.2. The molecule has 0 amide bonds. The molecule has 1 atom stereocenters. The van der Waals surface area contributed by atoms with Gasteiger partial charge in [0.05, 0.1) is 49.8 Å². The minimum atomic E-state index is -0.742. The number of hydrogen-bond donors (Lipinski definition) is 0. The van der Waals surface area contributed by atoms with Crippen molar-refractivity contribution < 1.29 is 23.7 Å². The Morgan fingerprint density at radius 1 is 1.00 bits per heavy atom. The highest BCUT2D eigenvalue weighted by Gasteiger charge is 2.35. The van der Waals surface area contributed by atoms with Gasteiger partial charge in [-0.3, -0.25) is 9.36 Å². The van der Waals surface area contributed by atoms with Crippen LogP contribution in [-0.4, -0.2) is 44.7 Å². The number of methoxy groups -OCH3 is 3. The summed E-state index contributed by atoms with van der Waals surface area (Å²) < 4.78 is 24.0. The predicted octanol–water partition coefficient (Wildman–Crippen LogP) is 4.68. The SMILES string of the molecule is CCOC(=O)C1=C(c2ccccc2)N=c2s/c(=C\c3cc(OC)c(OC)c(OC)c3)c(=O)n2[C@H]1c1ccc(SC)cc1. The second-order valence-corrected chi connectivity index (χ2v) is 11.1. The van der Waals surface area contributed by atoms with Gasteiger partial charge < -0.3 is 18.9 Å². The summed E-state index contributed by atoms with van der Waals surface area (Å²) in [5.74, 6) is 0.883. The minimum absolute atomic E-state index is 0.189. The molecule has 216 valence electrons. The van der Waals surface area contributed by atoms with Crippen LogP contribution in [0.25, 0.3) is 11.8 Å². The molecule has 5 rings (SSSR count). The molecule has 4 aromatic rings. The van der Waals surface area contributed by atoms with Gasteiger partial charge in [0.25, 0.3) is 5.56 Å². The lowest BCUT2D eigenvalue weighted by molar-refractivity contribution is -0.138. The van der Waals surface area contributed by atoms with E-state index in [0.29, 0.717) is 43.4 Å². The summed E-state index contributed by atoms with van der Waals surface area (Å²) in [4.78, 5) is 34.2. The molecule has 0 spiro atoms. The number of thiazole rings is 1. The molecule has 1 aliphatic rings. The molecule has 1 aromatic heterocycles. The summed E-state index contributed by atoms with van der Waals surface area (Å²) in [6.45, 7) is 1.95. The van der Waals surface area contributed by atoms with Gasteiger partial charge in [0.2, 0.25) is 5.75 Å². The number of esters is 1. The highest BCUT2D eigenvalue weighted by atomic mass is 32.2. The maximum Gasteiger partial charge on any atom is 0.338 e. The van der Waals surface area contributed by atoms with Crippen molar-refractivity contribution in [2.45, 2.75) is 17.9 Å². The smallest absolute Gasteiger partial charge is 0.338 e. The summed E-state index contributed by atoms with van der Waals surface area (Å²) >= 11 is 2.87. The van der Waals surface area contributed by atoms with Gasteiger partial charge in [0, 0.05) is 10.5 Å². The van der Waals surface area contributed by atoms with Gasteiger partial charge in [-0.15, -0.1) is 11.8 Å². The zero-order valence-corrected chi connectivity index (χ0v) is 25.5. The average molecular weight is 603 g/mol. The van der Waals surface area contributed by atoms with E-state index < -0.39 is 12.0 Å². The fraction of sp³-hybridized carbons (Fsp3) is 0.219. The number of carbonyl (C=O) groups is 1. The van der Waals surface area contributed by atoms with Crippen LogP contribution in [0.4, 0.5) is 0 Å². The second kappa shape index (κ2) is 12.7. The Hall–Kier alpha value is -4.28. The monoisotopic (exact) mass is 602 g/mol. The Morgan fingerprint density at radius 2 is 1.67 bits per heavy atom. The lowest BCUT2D eigenvalue weighted by atomic mass is 9.93. The molecule has 0 N–H and O–H groups in total. The number of carbonyl (C=O) groups excluding carboxylic acids is 1. The first-order chi connectivity index (χ1) is 20.4. The number of hydrogen-bond acceptors (Lipinski definition) is 9. The van der Waals surface area contributed by atoms with Crippen molar-refractivity contribution in [2.75, 3.05) is 34.2 Å². The molecule has 0 unspecified atom stereocenters. The summed E-state index contributed by atoms with van der Waals surface area (Å²) in [7, 11) is 4.62. The molecule has 0 aliphatic carbocycles. The van der Waals surface area contributed by atoms with E-state index in [9.17, 15) is 9.59 Å². The van der Waals surface area contributed by atoms with Gasteiger partial charge in [-0.1, -0.05) is 53.8 Å². The van der Waals surface area contributed by atoms with Crippen LogP contribution < -0.4 is 29.1 Å². The van der Waals surface area contributed by atoms with Crippen LogP contribution >= 0.6 is 23.1 Å². The molecule has 0 saturated heterocycles. The number of rotatable bonds is 9. The van der Waals surface area contributed by atoms with E-state index in [0.717, 1.165) is 16.0 Å². The normalized spacial score (nSPS) is 14.7. The van der Waals surface area contributed by atoms with Crippen molar-refractivity contribution in [1.82, 2.24) is 4.57 Å². The van der Waals surface area contributed by atoms with Crippen LogP contribution in [0.3, 0.4) is 0 Å². The topological polar surface area (TPSA) is 88.4 Å². The fourth-order valence-electron chi connectivity index (χ4n) is 4.88. The zero-order chi connectivity index (χ0) is 29.8. The van der Waals surface area contributed by atoms with Gasteiger partial charge in [0.15, 0.2) is 16.3 Å². The van der Waals surface area contributed by atoms with Crippen molar-refractivity contribution in [1.29, 1.82) is 0 Å². The van der Waals surface area contributed by atoms with Gasteiger partial charge in [0.1, 0.15) is 0 Å². The molecular formula is C32H30N2O6S2. The number of thioether (sulfide) groups is 1. The van der Waals surface area contributed by atoms with Crippen LogP contribution in [0, 0.1) is 0 Å². The Balaban J connectivity index is 1.80. The van der Waals surface area contributed by atoms with Crippen LogP contribution in [0.15, 0.2) is 87.0 Å². The lowest BCUT2D eigenvalue weighted by Gasteiger charge is -2.26. The van der Waals surface area contributed by atoms with Gasteiger partial charge >= 0.3 is 5.97 Å². The quantitative estimate of drug-likeness (QED) is 0.203. The third-order valence-electron chi connectivity index (χ3n) is 6.79. The Bertz CT molecular complexity index is 1800. The van der Waals surface area contributed by atoms with Crippen LogP contribution in [0.5, 0.6) is 17.2 Å². The van der Waals surface area contributed by atoms with E-state index >= 15 is 0 Å². The Morgan fingerprint density at radius 3 is 2.24 bits per heavy atom. The summed E-state index contributed by atoms with van der Waals surface area (Å²) in [6, 6.07) is 20.1. The van der Waals surface area contributed by atoms with Crippen LogP contribution in [-0.2, 0) is 9.53 Å². The summed E-state index contributed by atoms with van der Waals surface area (Å²) in [5.41, 5.74) is 2.73. The fourth-order valence-corrected chi connectivity index (χ4v) is 6.29. The van der Waals surface area contributed by atoms with Crippen molar-refractivity contribution >= 4 is 40.8 Å². The third kappa shape index (κ3) is 5.47. The highest BCUT2D eigenvalue weighted by Crippen LogP contribution is 2.39. The molecule has 0 bridgehead atoms. The first-order valence-electron chi connectivity index (χ1n) is 13.2. The molecular weight excluding hydrogens is 572 g/mol. The van der Waals surface area contributed by atoms with Gasteiger partial charge in [-0.05, 0) is 54.6 Å².